The quantitative estimate of drug-likeness (QED) is 0.936. The zero-order chi connectivity index (χ0) is 15.0. The number of hydrogen-bond acceptors (Lipinski definition) is 5. The predicted octanol–water partition coefficient (Wildman–Crippen LogP) is 1.82. The molecule has 2 N–H and O–H groups in total. The van der Waals surface area contributed by atoms with Crippen molar-refractivity contribution >= 4 is 22.1 Å². The lowest BCUT2D eigenvalue weighted by Crippen LogP contribution is -2.51. The van der Waals surface area contributed by atoms with Crippen molar-refractivity contribution in [3.05, 3.63) is 17.3 Å². The molecule has 0 radical (unpaired) electrons. The summed E-state index contributed by atoms with van der Waals surface area (Å²) < 4.78 is 2.21. The van der Waals surface area contributed by atoms with E-state index in [1.165, 1.54) is 12.1 Å². The monoisotopic (exact) mass is 307 g/mol. The number of rotatable bonds is 4. The molecule has 1 aliphatic rings. The summed E-state index contributed by atoms with van der Waals surface area (Å²) in [5.41, 5.74) is 7.32. The molecule has 0 aromatic carbocycles. The molecule has 5 nitrogen and oxygen atoms in total. The van der Waals surface area contributed by atoms with Gasteiger partial charge in [0, 0.05) is 49.7 Å². The molecule has 21 heavy (non-hydrogen) atoms. The Bertz CT molecular complexity index is 602. The minimum atomic E-state index is 0.151. The molecule has 0 saturated carbocycles. The van der Waals surface area contributed by atoms with Crippen LogP contribution in [0.2, 0.25) is 0 Å². The van der Waals surface area contributed by atoms with Gasteiger partial charge < -0.3 is 10.6 Å². The molecule has 116 valence electrons. The Labute approximate surface area is 130 Å². The van der Waals surface area contributed by atoms with Gasteiger partial charge in [0.25, 0.3) is 0 Å². The number of anilines is 1. The van der Waals surface area contributed by atoms with Gasteiger partial charge in [-0.25, -0.2) is 4.98 Å². The lowest BCUT2D eigenvalue weighted by molar-refractivity contribution is 0.213. The van der Waals surface area contributed by atoms with E-state index in [2.05, 4.69) is 46.7 Å². The van der Waals surface area contributed by atoms with E-state index < -0.39 is 0 Å². The van der Waals surface area contributed by atoms with Crippen LogP contribution in [0.3, 0.4) is 0 Å². The van der Waals surface area contributed by atoms with Gasteiger partial charge in [-0.05, 0) is 20.4 Å². The van der Waals surface area contributed by atoms with E-state index in [9.17, 15) is 0 Å². The summed E-state index contributed by atoms with van der Waals surface area (Å²) >= 11 is 1.69. The Morgan fingerprint density at radius 3 is 3.00 bits per heavy atom. The second-order valence-corrected chi connectivity index (χ2v) is 6.98. The summed E-state index contributed by atoms with van der Waals surface area (Å²) in [4.78, 5) is 10.9. The Hall–Kier alpha value is -1.11. The molecule has 2 aromatic rings. The highest BCUT2D eigenvalue weighted by molar-refractivity contribution is 7.15. The molecule has 0 bridgehead atoms. The highest BCUT2D eigenvalue weighted by Gasteiger charge is 2.27. The van der Waals surface area contributed by atoms with E-state index in [1.807, 2.05) is 0 Å². The summed E-state index contributed by atoms with van der Waals surface area (Å²) in [6.45, 7) is 7.53. The molecule has 2 atom stereocenters. The van der Waals surface area contributed by atoms with Gasteiger partial charge in [0.2, 0.25) is 0 Å². The highest BCUT2D eigenvalue weighted by Crippen LogP contribution is 2.27. The van der Waals surface area contributed by atoms with Gasteiger partial charge in [0.1, 0.15) is 0 Å². The van der Waals surface area contributed by atoms with Gasteiger partial charge in [-0.2, -0.15) is 0 Å². The fraction of sp³-hybridized carbons (Fsp3) is 0.667. The molecule has 1 fully saturated rings. The second kappa shape index (κ2) is 5.94. The Morgan fingerprint density at radius 1 is 1.48 bits per heavy atom. The third-order valence-corrected chi connectivity index (χ3v) is 5.16. The number of imidazole rings is 1. The SMILES string of the molecule is CCC1CN(c2nc3sccn3c2CC(C)N)CCN1C. The Kier molecular flexibility index (Phi) is 4.19. The minimum Gasteiger partial charge on any atom is -0.352 e. The molecule has 1 saturated heterocycles. The summed E-state index contributed by atoms with van der Waals surface area (Å²) in [5, 5.41) is 2.09. The van der Waals surface area contributed by atoms with Crippen LogP contribution in [-0.2, 0) is 6.42 Å². The first-order valence-corrected chi connectivity index (χ1v) is 8.63. The molecule has 2 unspecified atom stereocenters. The maximum absolute atomic E-state index is 6.05. The second-order valence-electron chi connectivity index (χ2n) is 6.11. The first kappa shape index (κ1) is 14.8. The van der Waals surface area contributed by atoms with Crippen LogP contribution in [-0.4, -0.2) is 53.1 Å². The van der Waals surface area contributed by atoms with E-state index in [0.29, 0.717) is 6.04 Å². The van der Waals surface area contributed by atoms with Gasteiger partial charge >= 0.3 is 0 Å². The number of nitrogens with two attached hydrogens (primary N) is 1. The van der Waals surface area contributed by atoms with E-state index in [-0.39, 0.29) is 6.04 Å². The lowest BCUT2D eigenvalue weighted by Gasteiger charge is -2.39. The van der Waals surface area contributed by atoms with Crippen molar-refractivity contribution in [3.8, 4) is 0 Å². The molecule has 0 amide bonds. The smallest absolute Gasteiger partial charge is 0.195 e. The normalized spacial score (nSPS) is 22.1. The molecule has 6 heteroatoms. The van der Waals surface area contributed by atoms with Gasteiger partial charge in [0.15, 0.2) is 10.8 Å². The maximum Gasteiger partial charge on any atom is 0.195 e. The molecule has 0 aliphatic carbocycles. The van der Waals surface area contributed by atoms with Crippen molar-refractivity contribution in [2.24, 2.45) is 5.73 Å². The molecule has 3 heterocycles. The topological polar surface area (TPSA) is 49.8 Å². The fourth-order valence-corrected chi connectivity index (χ4v) is 3.88. The number of piperazine rings is 1. The van der Waals surface area contributed by atoms with Crippen LogP contribution in [0, 0.1) is 0 Å². The Balaban J connectivity index is 1.93. The van der Waals surface area contributed by atoms with Crippen LogP contribution >= 0.6 is 11.3 Å². The summed E-state index contributed by atoms with van der Waals surface area (Å²) in [5.74, 6) is 1.14. The minimum absolute atomic E-state index is 0.151. The van der Waals surface area contributed by atoms with Crippen molar-refractivity contribution in [1.29, 1.82) is 0 Å². The summed E-state index contributed by atoms with van der Waals surface area (Å²) in [6, 6.07) is 0.764. The van der Waals surface area contributed by atoms with Crippen molar-refractivity contribution in [3.63, 3.8) is 0 Å². The van der Waals surface area contributed by atoms with Gasteiger partial charge in [-0.3, -0.25) is 9.30 Å². The van der Waals surface area contributed by atoms with Crippen molar-refractivity contribution < 1.29 is 0 Å². The number of likely N-dealkylation sites (N-methyl/N-ethyl adjacent to an activating group) is 1. The van der Waals surface area contributed by atoms with Crippen molar-refractivity contribution in [2.75, 3.05) is 31.6 Å². The summed E-state index contributed by atoms with van der Waals surface area (Å²) in [7, 11) is 2.22. The van der Waals surface area contributed by atoms with Gasteiger partial charge in [-0.15, -0.1) is 11.3 Å². The fourth-order valence-electron chi connectivity index (χ4n) is 3.15. The zero-order valence-electron chi connectivity index (χ0n) is 13.1. The maximum atomic E-state index is 6.05. The average molecular weight is 307 g/mol. The Morgan fingerprint density at radius 2 is 2.29 bits per heavy atom. The van der Waals surface area contributed by atoms with Crippen LogP contribution in [0.5, 0.6) is 0 Å². The standard InChI is InChI=1S/C15H25N5S/c1-4-12-10-19(6-5-18(12)3)14-13(9-11(2)16)20-7-8-21-15(20)17-14/h7-8,11-12H,4-6,9-10,16H2,1-3H3. The molecular formula is C15H25N5S. The average Bonchev–Trinajstić information content (AvgIpc) is 3.02. The number of aromatic nitrogens is 2. The third-order valence-electron chi connectivity index (χ3n) is 4.40. The third kappa shape index (κ3) is 2.80. The van der Waals surface area contributed by atoms with Gasteiger partial charge in [-0.1, -0.05) is 6.92 Å². The highest BCUT2D eigenvalue weighted by atomic mass is 32.1. The molecule has 1 aliphatic heterocycles. The van der Waals surface area contributed by atoms with Crippen LogP contribution in [0.15, 0.2) is 11.6 Å². The predicted molar refractivity (Wildman–Crippen MR) is 89.3 cm³/mol. The van der Waals surface area contributed by atoms with E-state index in [1.54, 1.807) is 11.3 Å². The van der Waals surface area contributed by atoms with Crippen LogP contribution in [0.4, 0.5) is 5.82 Å². The van der Waals surface area contributed by atoms with Crippen molar-refractivity contribution in [1.82, 2.24) is 14.3 Å². The van der Waals surface area contributed by atoms with Crippen LogP contribution in [0.25, 0.3) is 4.96 Å². The molecule has 0 spiro atoms. The number of fused-ring (bicyclic) bond motifs is 1. The van der Waals surface area contributed by atoms with Crippen LogP contribution < -0.4 is 10.6 Å². The van der Waals surface area contributed by atoms with Crippen molar-refractivity contribution in [2.45, 2.75) is 38.8 Å². The van der Waals surface area contributed by atoms with E-state index in [4.69, 9.17) is 10.7 Å². The number of nitrogens with zero attached hydrogens (tertiary/aromatic N) is 4. The molecule has 3 rings (SSSR count). The molecule has 2 aromatic heterocycles. The zero-order valence-corrected chi connectivity index (χ0v) is 13.9. The lowest BCUT2D eigenvalue weighted by atomic mass is 10.1. The number of hydrogen-bond donors (Lipinski definition) is 1. The van der Waals surface area contributed by atoms with E-state index in [0.717, 1.165) is 36.8 Å². The molecular weight excluding hydrogens is 282 g/mol. The summed E-state index contributed by atoms with van der Waals surface area (Å²) in [6.07, 6.45) is 4.16. The first-order valence-electron chi connectivity index (χ1n) is 7.75. The van der Waals surface area contributed by atoms with Crippen LogP contribution in [0.1, 0.15) is 26.0 Å². The largest absolute Gasteiger partial charge is 0.352 e. The van der Waals surface area contributed by atoms with Gasteiger partial charge in [0.05, 0.1) is 5.69 Å². The number of thiazole rings is 1. The van der Waals surface area contributed by atoms with E-state index >= 15 is 0 Å². The first-order chi connectivity index (χ1) is 10.1.